The van der Waals surface area contributed by atoms with Crippen LogP contribution < -0.4 is 5.73 Å². The minimum atomic E-state index is 0.104. The van der Waals surface area contributed by atoms with Crippen molar-refractivity contribution in [3.63, 3.8) is 0 Å². The van der Waals surface area contributed by atoms with Crippen molar-refractivity contribution in [3.8, 4) is 0 Å². The molecule has 0 bridgehead atoms. The van der Waals surface area contributed by atoms with E-state index in [9.17, 15) is 0 Å². The first-order valence-corrected chi connectivity index (χ1v) is 4.46. The number of hydrogen-bond donors (Lipinski definition) is 1. The smallest absolute Gasteiger partial charge is 0.150 e. The Morgan fingerprint density at radius 3 is 3.08 bits per heavy atom. The van der Waals surface area contributed by atoms with Crippen LogP contribution >= 0.6 is 0 Å². The van der Waals surface area contributed by atoms with Crippen LogP contribution in [-0.2, 0) is 6.54 Å². The molecule has 0 aliphatic heterocycles. The Hall–Kier alpha value is -0.900. The fraction of sp³-hybridized carbons (Fsp3) is 0.750. The van der Waals surface area contributed by atoms with Gasteiger partial charge in [0.05, 0.1) is 6.04 Å². The third kappa shape index (κ3) is 1.22. The Kier molecular flexibility index (Phi) is 1.84. The van der Waals surface area contributed by atoms with E-state index in [0.717, 1.165) is 12.4 Å². The van der Waals surface area contributed by atoms with Gasteiger partial charge in [-0.15, -0.1) is 10.2 Å². The largest absolute Gasteiger partial charge is 0.321 e. The van der Waals surface area contributed by atoms with Crippen LogP contribution in [0.15, 0.2) is 6.33 Å². The van der Waals surface area contributed by atoms with Crippen LogP contribution in [0, 0.1) is 5.92 Å². The van der Waals surface area contributed by atoms with E-state index in [4.69, 9.17) is 5.73 Å². The minimum absolute atomic E-state index is 0.104. The predicted octanol–water partition coefficient (Wildman–Crippen LogP) is 0.708. The monoisotopic (exact) mass is 166 g/mol. The number of nitrogens with zero attached hydrogens (tertiary/aromatic N) is 3. The quantitative estimate of drug-likeness (QED) is 0.719. The number of aromatic nitrogens is 3. The van der Waals surface area contributed by atoms with Crippen molar-refractivity contribution in [2.24, 2.45) is 11.7 Å². The van der Waals surface area contributed by atoms with Crippen molar-refractivity contribution in [3.05, 3.63) is 12.2 Å². The van der Waals surface area contributed by atoms with E-state index in [1.54, 1.807) is 6.33 Å². The number of hydrogen-bond acceptors (Lipinski definition) is 3. The lowest BCUT2D eigenvalue weighted by Gasteiger charge is -2.09. The van der Waals surface area contributed by atoms with Gasteiger partial charge in [-0.1, -0.05) is 0 Å². The van der Waals surface area contributed by atoms with Crippen LogP contribution in [0.2, 0.25) is 0 Å². The van der Waals surface area contributed by atoms with E-state index in [1.807, 2.05) is 4.57 Å². The zero-order chi connectivity index (χ0) is 8.55. The zero-order valence-corrected chi connectivity index (χ0v) is 7.27. The van der Waals surface area contributed by atoms with E-state index >= 15 is 0 Å². The second-order valence-electron chi connectivity index (χ2n) is 3.34. The molecule has 1 aliphatic carbocycles. The van der Waals surface area contributed by atoms with Gasteiger partial charge in [0.15, 0.2) is 0 Å². The fourth-order valence-electron chi connectivity index (χ4n) is 1.43. The van der Waals surface area contributed by atoms with Crippen LogP contribution in [0.3, 0.4) is 0 Å². The molecule has 0 amide bonds. The molecule has 1 heterocycles. The first-order valence-electron chi connectivity index (χ1n) is 4.46. The highest BCUT2D eigenvalue weighted by Gasteiger charge is 2.32. The highest BCUT2D eigenvalue weighted by molar-refractivity contribution is 5.00. The molecular weight excluding hydrogens is 152 g/mol. The average Bonchev–Trinajstić information content (AvgIpc) is 2.82. The van der Waals surface area contributed by atoms with E-state index in [2.05, 4.69) is 17.1 Å². The summed E-state index contributed by atoms with van der Waals surface area (Å²) in [5, 5.41) is 7.89. The van der Waals surface area contributed by atoms with Gasteiger partial charge in [-0.3, -0.25) is 0 Å². The lowest BCUT2D eigenvalue weighted by atomic mass is 10.2. The van der Waals surface area contributed by atoms with Gasteiger partial charge in [0, 0.05) is 6.54 Å². The van der Waals surface area contributed by atoms with Crippen molar-refractivity contribution in [2.75, 3.05) is 0 Å². The van der Waals surface area contributed by atoms with Crippen molar-refractivity contribution in [1.82, 2.24) is 14.8 Å². The van der Waals surface area contributed by atoms with Crippen LogP contribution in [0.25, 0.3) is 0 Å². The molecule has 0 saturated heterocycles. The van der Waals surface area contributed by atoms with Gasteiger partial charge in [-0.2, -0.15) is 0 Å². The molecule has 1 aromatic heterocycles. The van der Waals surface area contributed by atoms with Gasteiger partial charge in [-0.05, 0) is 25.7 Å². The molecule has 1 aliphatic rings. The van der Waals surface area contributed by atoms with Crippen LogP contribution in [0.4, 0.5) is 0 Å². The summed E-state index contributed by atoms with van der Waals surface area (Å²) in [5.74, 6) is 1.60. The lowest BCUT2D eigenvalue weighted by molar-refractivity contribution is 0.549. The topological polar surface area (TPSA) is 56.7 Å². The number of aryl methyl sites for hydroxylation is 1. The molecule has 66 valence electrons. The van der Waals surface area contributed by atoms with Crippen molar-refractivity contribution in [2.45, 2.75) is 32.4 Å². The third-order valence-corrected chi connectivity index (χ3v) is 2.41. The van der Waals surface area contributed by atoms with Gasteiger partial charge in [0.1, 0.15) is 12.2 Å². The lowest BCUT2D eigenvalue weighted by Crippen LogP contribution is -2.18. The first kappa shape index (κ1) is 7.73. The molecule has 0 spiro atoms. The summed E-state index contributed by atoms with van der Waals surface area (Å²) < 4.78 is 2.02. The van der Waals surface area contributed by atoms with E-state index in [-0.39, 0.29) is 6.04 Å². The molecule has 0 radical (unpaired) electrons. The molecule has 1 fully saturated rings. The Bertz CT molecular complexity index is 264. The molecular formula is C8H14N4. The summed E-state index contributed by atoms with van der Waals surface area (Å²) in [4.78, 5) is 0. The molecule has 4 heteroatoms. The normalized spacial score (nSPS) is 19.5. The molecule has 1 atom stereocenters. The molecule has 1 unspecified atom stereocenters. The molecule has 12 heavy (non-hydrogen) atoms. The Balaban J connectivity index is 2.19. The SMILES string of the molecule is CCn1cnnc1C(N)C1CC1. The highest BCUT2D eigenvalue weighted by atomic mass is 15.3. The highest BCUT2D eigenvalue weighted by Crippen LogP contribution is 2.38. The van der Waals surface area contributed by atoms with E-state index < -0.39 is 0 Å². The second-order valence-corrected chi connectivity index (χ2v) is 3.34. The number of nitrogens with two attached hydrogens (primary N) is 1. The molecule has 4 nitrogen and oxygen atoms in total. The summed E-state index contributed by atoms with van der Waals surface area (Å²) in [7, 11) is 0. The number of rotatable bonds is 3. The predicted molar refractivity (Wildman–Crippen MR) is 45.3 cm³/mol. The minimum Gasteiger partial charge on any atom is -0.321 e. The van der Waals surface area contributed by atoms with Gasteiger partial charge in [0.2, 0.25) is 0 Å². The zero-order valence-electron chi connectivity index (χ0n) is 7.27. The maximum absolute atomic E-state index is 6.00. The van der Waals surface area contributed by atoms with Gasteiger partial charge < -0.3 is 10.3 Å². The van der Waals surface area contributed by atoms with Crippen molar-refractivity contribution >= 4 is 0 Å². The Morgan fingerprint density at radius 2 is 2.50 bits per heavy atom. The van der Waals surface area contributed by atoms with Gasteiger partial charge in [0.25, 0.3) is 0 Å². The molecule has 0 aromatic carbocycles. The summed E-state index contributed by atoms with van der Waals surface area (Å²) in [6.07, 6.45) is 4.24. The van der Waals surface area contributed by atoms with E-state index in [0.29, 0.717) is 5.92 Å². The standard InChI is InChI=1S/C8H14N4/c1-2-12-5-10-11-8(12)7(9)6-3-4-6/h5-7H,2-4,9H2,1H3. The van der Waals surface area contributed by atoms with Crippen LogP contribution in [-0.4, -0.2) is 14.8 Å². The first-order chi connectivity index (χ1) is 5.83. The molecule has 1 aromatic rings. The maximum Gasteiger partial charge on any atom is 0.150 e. The molecule has 2 rings (SSSR count). The van der Waals surface area contributed by atoms with Gasteiger partial charge in [-0.25, -0.2) is 0 Å². The van der Waals surface area contributed by atoms with Crippen molar-refractivity contribution in [1.29, 1.82) is 0 Å². The molecule has 1 saturated carbocycles. The Morgan fingerprint density at radius 1 is 1.75 bits per heavy atom. The summed E-state index contributed by atoms with van der Waals surface area (Å²) in [6.45, 7) is 2.98. The Labute approximate surface area is 71.8 Å². The van der Waals surface area contributed by atoms with Crippen LogP contribution in [0.1, 0.15) is 31.6 Å². The molecule has 2 N–H and O–H groups in total. The fourth-order valence-corrected chi connectivity index (χ4v) is 1.43. The summed E-state index contributed by atoms with van der Waals surface area (Å²) in [5.41, 5.74) is 6.00. The van der Waals surface area contributed by atoms with E-state index in [1.165, 1.54) is 12.8 Å². The third-order valence-electron chi connectivity index (χ3n) is 2.41. The maximum atomic E-state index is 6.00. The second kappa shape index (κ2) is 2.86. The van der Waals surface area contributed by atoms with Gasteiger partial charge >= 0.3 is 0 Å². The summed E-state index contributed by atoms with van der Waals surface area (Å²) in [6, 6.07) is 0.104. The van der Waals surface area contributed by atoms with Crippen molar-refractivity contribution < 1.29 is 0 Å². The average molecular weight is 166 g/mol. The van der Waals surface area contributed by atoms with Crippen LogP contribution in [0.5, 0.6) is 0 Å². The summed E-state index contributed by atoms with van der Waals surface area (Å²) >= 11 is 0.